The van der Waals surface area contributed by atoms with Crippen molar-refractivity contribution in [2.24, 2.45) is 0 Å². The highest BCUT2D eigenvalue weighted by Crippen LogP contribution is 2.36. The van der Waals surface area contributed by atoms with Gasteiger partial charge in [0.05, 0.1) is 5.69 Å². The Morgan fingerprint density at radius 2 is 1.70 bits per heavy atom. The molecule has 1 aliphatic heterocycles. The zero-order valence-corrected chi connectivity index (χ0v) is 17.9. The maximum Gasteiger partial charge on any atom is 0.256 e. The molecule has 0 spiro atoms. The number of anilines is 1. The third-order valence-electron chi connectivity index (χ3n) is 5.24. The molecule has 5 rings (SSSR count). The number of benzene rings is 3. The molecule has 148 valence electrons. The Hall–Kier alpha value is -2.72. The number of para-hydroxylation sites is 1. The molecule has 0 unspecified atom stereocenters. The van der Waals surface area contributed by atoms with Crippen LogP contribution in [0.15, 0.2) is 66.9 Å². The molecule has 0 aliphatic carbocycles. The Kier molecular flexibility index (Phi) is 4.82. The van der Waals surface area contributed by atoms with Gasteiger partial charge in [0.2, 0.25) is 0 Å². The molecular formula is C24H15Cl3N2O. The van der Waals surface area contributed by atoms with E-state index in [2.05, 4.69) is 22.0 Å². The minimum absolute atomic E-state index is 0.134. The molecule has 1 aromatic heterocycles. The summed E-state index contributed by atoms with van der Waals surface area (Å²) in [6.07, 6.45) is 3.97. The summed E-state index contributed by atoms with van der Waals surface area (Å²) < 4.78 is 2.13. The van der Waals surface area contributed by atoms with Crippen molar-refractivity contribution in [1.29, 1.82) is 0 Å². The van der Waals surface area contributed by atoms with E-state index in [1.807, 2.05) is 42.6 Å². The van der Waals surface area contributed by atoms with E-state index in [0.717, 1.165) is 33.3 Å². The van der Waals surface area contributed by atoms with Crippen LogP contribution in [0.4, 0.5) is 5.69 Å². The molecule has 0 fully saturated rings. The first-order valence-corrected chi connectivity index (χ1v) is 10.5. The van der Waals surface area contributed by atoms with Gasteiger partial charge in [0.1, 0.15) is 0 Å². The molecule has 4 aromatic rings. The molecule has 3 aromatic carbocycles. The second kappa shape index (κ2) is 7.51. The van der Waals surface area contributed by atoms with Crippen LogP contribution < -0.4 is 5.32 Å². The predicted molar refractivity (Wildman–Crippen MR) is 125 cm³/mol. The van der Waals surface area contributed by atoms with Crippen LogP contribution in [-0.4, -0.2) is 10.5 Å². The van der Waals surface area contributed by atoms with Gasteiger partial charge >= 0.3 is 0 Å². The van der Waals surface area contributed by atoms with Crippen molar-refractivity contribution in [2.75, 3.05) is 5.32 Å². The topological polar surface area (TPSA) is 34.0 Å². The number of hydrogen-bond acceptors (Lipinski definition) is 1. The van der Waals surface area contributed by atoms with Crippen molar-refractivity contribution in [1.82, 2.24) is 4.57 Å². The van der Waals surface area contributed by atoms with E-state index in [4.69, 9.17) is 34.8 Å². The van der Waals surface area contributed by atoms with Crippen LogP contribution >= 0.6 is 34.8 Å². The number of halogens is 3. The van der Waals surface area contributed by atoms with E-state index in [1.54, 1.807) is 18.2 Å². The van der Waals surface area contributed by atoms with Crippen LogP contribution in [-0.2, 0) is 11.3 Å². The SMILES string of the molecule is O=C1Nc2cc(Cl)ccc2/C1=C\c1cn(Cc2ccc(Cl)cc2Cl)c2ccccc12. The number of rotatable bonds is 3. The summed E-state index contributed by atoms with van der Waals surface area (Å²) in [7, 11) is 0. The summed E-state index contributed by atoms with van der Waals surface area (Å²) in [5, 5.41) is 5.77. The molecule has 0 bridgehead atoms. The first-order chi connectivity index (χ1) is 14.5. The fraction of sp³-hybridized carbons (Fsp3) is 0.0417. The molecule has 1 amide bonds. The highest BCUT2D eigenvalue weighted by Gasteiger charge is 2.24. The zero-order valence-electron chi connectivity index (χ0n) is 15.6. The van der Waals surface area contributed by atoms with Crippen LogP contribution in [0.2, 0.25) is 15.1 Å². The van der Waals surface area contributed by atoms with E-state index < -0.39 is 0 Å². The fourth-order valence-corrected chi connectivity index (χ4v) is 4.46. The zero-order chi connectivity index (χ0) is 20.8. The van der Waals surface area contributed by atoms with Crippen molar-refractivity contribution in [3.8, 4) is 0 Å². The van der Waals surface area contributed by atoms with E-state index >= 15 is 0 Å². The third kappa shape index (κ3) is 3.39. The summed E-state index contributed by atoms with van der Waals surface area (Å²) in [4.78, 5) is 12.6. The van der Waals surface area contributed by atoms with Crippen molar-refractivity contribution in [3.05, 3.63) is 98.6 Å². The lowest BCUT2D eigenvalue weighted by Gasteiger charge is -2.08. The molecule has 0 atom stereocenters. The normalized spacial score (nSPS) is 14.4. The number of carbonyl (C=O) groups is 1. The van der Waals surface area contributed by atoms with Gasteiger partial charge in [-0.25, -0.2) is 0 Å². The molecule has 30 heavy (non-hydrogen) atoms. The molecular weight excluding hydrogens is 439 g/mol. The van der Waals surface area contributed by atoms with Gasteiger partial charge in [-0.05, 0) is 42.0 Å². The molecule has 0 radical (unpaired) electrons. The minimum Gasteiger partial charge on any atom is -0.342 e. The van der Waals surface area contributed by atoms with Gasteiger partial charge in [-0.3, -0.25) is 4.79 Å². The third-order valence-corrected chi connectivity index (χ3v) is 6.06. The highest BCUT2D eigenvalue weighted by molar-refractivity contribution is 6.37. The van der Waals surface area contributed by atoms with Gasteiger partial charge in [-0.2, -0.15) is 0 Å². The molecule has 0 saturated carbocycles. The standard InChI is InChI=1S/C24H15Cl3N2O/c25-16-6-5-14(21(27)10-16)12-29-13-15(18-3-1-2-4-23(18)29)9-20-19-8-7-17(26)11-22(19)28-24(20)30/h1-11,13H,12H2,(H,28,30)/b20-9+. The monoisotopic (exact) mass is 452 g/mol. The van der Waals surface area contributed by atoms with Crippen LogP contribution in [0.5, 0.6) is 0 Å². The summed E-state index contributed by atoms with van der Waals surface area (Å²) in [6.45, 7) is 0.595. The van der Waals surface area contributed by atoms with Crippen molar-refractivity contribution >= 4 is 68.9 Å². The lowest BCUT2D eigenvalue weighted by molar-refractivity contribution is -0.110. The van der Waals surface area contributed by atoms with E-state index in [9.17, 15) is 4.79 Å². The first kappa shape index (κ1) is 19.3. The minimum atomic E-state index is -0.134. The van der Waals surface area contributed by atoms with Gasteiger partial charge in [0, 0.05) is 55.4 Å². The maximum absolute atomic E-state index is 12.6. The summed E-state index contributed by atoms with van der Waals surface area (Å²) in [5.41, 5.74) is 5.19. The Balaban J connectivity index is 1.62. The second-order valence-corrected chi connectivity index (χ2v) is 8.45. The maximum atomic E-state index is 12.6. The number of amides is 1. The summed E-state index contributed by atoms with van der Waals surface area (Å²) in [5.74, 6) is -0.134. The van der Waals surface area contributed by atoms with Gasteiger partial charge in [0.15, 0.2) is 0 Å². The van der Waals surface area contributed by atoms with E-state index in [0.29, 0.717) is 27.2 Å². The number of carbonyl (C=O) groups excluding carboxylic acids is 1. The van der Waals surface area contributed by atoms with Crippen molar-refractivity contribution in [3.63, 3.8) is 0 Å². The molecule has 0 saturated heterocycles. The van der Waals surface area contributed by atoms with Crippen LogP contribution in [0.1, 0.15) is 16.7 Å². The van der Waals surface area contributed by atoms with Crippen molar-refractivity contribution < 1.29 is 4.79 Å². The lowest BCUT2D eigenvalue weighted by Crippen LogP contribution is -2.03. The molecule has 2 heterocycles. The number of nitrogens with one attached hydrogen (secondary N) is 1. The number of hydrogen-bond donors (Lipinski definition) is 1. The predicted octanol–water partition coefficient (Wildman–Crippen LogP) is 7.14. The smallest absolute Gasteiger partial charge is 0.256 e. The van der Waals surface area contributed by atoms with Gasteiger partial charge in [0.25, 0.3) is 5.91 Å². The fourth-order valence-electron chi connectivity index (χ4n) is 3.82. The molecule has 1 N–H and O–H groups in total. The highest BCUT2D eigenvalue weighted by atomic mass is 35.5. The van der Waals surface area contributed by atoms with E-state index in [1.165, 1.54) is 0 Å². The Morgan fingerprint density at radius 1 is 0.933 bits per heavy atom. The molecule has 6 heteroatoms. The van der Waals surface area contributed by atoms with Gasteiger partial charge in [-0.15, -0.1) is 0 Å². The average molecular weight is 454 g/mol. The summed E-state index contributed by atoms with van der Waals surface area (Å²) in [6, 6.07) is 19.0. The summed E-state index contributed by atoms with van der Waals surface area (Å²) >= 11 is 18.5. The molecule has 3 nitrogen and oxygen atoms in total. The number of aromatic nitrogens is 1. The van der Waals surface area contributed by atoms with Crippen LogP contribution in [0.25, 0.3) is 22.6 Å². The Morgan fingerprint density at radius 3 is 2.53 bits per heavy atom. The first-order valence-electron chi connectivity index (χ1n) is 9.34. The number of nitrogens with zero attached hydrogens (tertiary/aromatic N) is 1. The number of fused-ring (bicyclic) bond motifs is 2. The quantitative estimate of drug-likeness (QED) is 0.329. The van der Waals surface area contributed by atoms with Crippen LogP contribution in [0.3, 0.4) is 0 Å². The Bertz CT molecular complexity index is 1350. The second-order valence-electron chi connectivity index (χ2n) is 7.17. The van der Waals surface area contributed by atoms with Crippen LogP contribution in [0, 0.1) is 0 Å². The Labute approximate surface area is 188 Å². The lowest BCUT2D eigenvalue weighted by atomic mass is 10.0. The average Bonchev–Trinajstić information content (AvgIpc) is 3.21. The largest absolute Gasteiger partial charge is 0.342 e. The van der Waals surface area contributed by atoms with Gasteiger partial charge in [-0.1, -0.05) is 65.1 Å². The molecule has 1 aliphatic rings. The van der Waals surface area contributed by atoms with Crippen molar-refractivity contribution in [2.45, 2.75) is 6.54 Å². The van der Waals surface area contributed by atoms with E-state index in [-0.39, 0.29) is 5.91 Å². The van der Waals surface area contributed by atoms with Gasteiger partial charge < -0.3 is 9.88 Å².